The highest BCUT2D eigenvalue weighted by atomic mass is 35.5. The van der Waals surface area contributed by atoms with Crippen LogP contribution in [0, 0.1) is 13.8 Å². The summed E-state index contributed by atoms with van der Waals surface area (Å²) in [7, 11) is 4.09. The summed E-state index contributed by atoms with van der Waals surface area (Å²) in [5.41, 5.74) is 7.45. The number of nitrogens with zero attached hydrogens (tertiary/aromatic N) is 6. The van der Waals surface area contributed by atoms with Crippen molar-refractivity contribution in [1.29, 1.82) is 0 Å². The maximum absolute atomic E-state index is 13.6. The number of carbonyl (C=O) groups is 1. The molecule has 2 unspecified atom stereocenters. The fourth-order valence-electron chi connectivity index (χ4n) is 6.84. The number of nitrogens with one attached hydrogen (secondary N) is 1. The van der Waals surface area contributed by atoms with Gasteiger partial charge in [0, 0.05) is 52.2 Å². The molecule has 9 heteroatoms. The number of likely N-dealkylation sites (tertiary alicyclic amines) is 1. The Balaban J connectivity index is 1.48. The Morgan fingerprint density at radius 2 is 1.97 bits per heavy atom. The van der Waals surface area contributed by atoms with Gasteiger partial charge in [-0.3, -0.25) is 19.3 Å². The summed E-state index contributed by atoms with van der Waals surface area (Å²) in [4.78, 5) is 15.9. The Kier molecular flexibility index (Phi) is 5.13. The lowest BCUT2D eigenvalue weighted by Crippen LogP contribution is -2.39. The van der Waals surface area contributed by atoms with Gasteiger partial charge in [-0.25, -0.2) is 0 Å². The minimum absolute atomic E-state index is 0.0616. The van der Waals surface area contributed by atoms with Crippen LogP contribution in [0.4, 0.5) is 0 Å². The smallest absolute Gasteiger partial charge is 0.159 e. The van der Waals surface area contributed by atoms with Crippen molar-refractivity contribution in [2.24, 2.45) is 7.05 Å². The lowest BCUT2D eigenvalue weighted by Gasteiger charge is -2.31. The largest absolute Gasteiger partial charge is 0.300 e. The van der Waals surface area contributed by atoms with Crippen molar-refractivity contribution in [2.75, 3.05) is 13.6 Å². The average Bonchev–Trinajstić information content (AvgIpc) is 3.70. The molecule has 1 aliphatic carbocycles. The number of hydrogen-bond acceptors (Lipinski definition) is 5. The predicted octanol–water partition coefficient (Wildman–Crippen LogP) is 5.62. The third-order valence-corrected chi connectivity index (χ3v) is 9.46. The molecule has 1 saturated carbocycles. The SMILES string of the molecule is Cc1cc2[nH]ncc2c(-c2c(-c3ccc4c(cnn4C)c3)nn(C3CC4(CCCN4C)CC3=O)c2C)c1Cl. The van der Waals surface area contributed by atoms with Gasteiger partial charge in [0.05, 0.1) is 28.4 Å². The van der Waals surface area contributed by atoms with E-state index in [9.17, 15) is 4.79 Å². The average molecular weight is 528 g/mol. The molecule has 7 rings (SSSR count). The molecule has 194 valence electrons. The van der Waals surface area contributed by atoms with Gasteiger partial charge in [-0.05, 0) is 70.5 Å². The minimum Gasteiger partial charge on any atom is -0.300 e. The van der Waals surface area contributed by atoms with Crippen LogP contribution in [0.5, 0.6) is 0 Å². The maximum Gasteiger partial charge on any atom is 0.159 e. The summed E-state index contributed by atoms with van der Waals surface area (Å²) >= 11 is 7.04. The molecule has 0 radical (unpaired) electrons. The van der Waals surface area contributed by atoms with Gasteiger partial charge in [0.2, 0.25) is 0 Å². The Bertz CT molecular complexity index is 1760. The van der Waals surface area contributed by atoms with Crippen LogP contribution in [0.15, 0.2) is 36.7 Å². The van der Waals surface area contributed by atoms with E-state index in [0.29, 0.717) is 11.4 Å². The van der Waals surface area contributed by atoms with Crippen molar-refractivity contribution >= 4 is 39.2 Å². The molecule has 2 aliphatic rings. The van der Waals surface area contributed by atoms with Crippen LogP contribution in [-0.2, 0) is 11.8 Å². The molecular weight excluding hydrogens is 498 g/mol. The zero-order chi connectivity index (χ0) is 26.3. The van der Waals surface area contributed by atoms with Gasteiger partial charge in [-0.1, -0.05) is 17.7 Å². The molecule has 1 spiro atoms. The monoisotopic (exact) mass is 527 g/mol. The molecule has 2 atom stereocenters. The van der Waals surface area contributed by atoms with Gasteiger partial charge in [0.25, 0.3) is 0 Å². The highest BCUT2D eigenvalue weighted by molar-refractivity contribution is 6.36. The van der Waals surface area contributed by atoms with Crippen molar-refractivity contribution in [3.63, 3.8) is 0 Å². The highest BCUT2D eigenvalue weighted by Crippen LogP contribution is 2.48. The highest BCUT2D eigenvalue weighted by Gasteiger charge is 2.50. The first-order valence-electron chi connectivity index (χ1n) is 13.2. The Labute approximate surface area is 225 Å². The van der Waals surface area contributed by atoms with Gasteiger partial charge < -0.3 is 4.90 Å². The zero-order valence-corrected chi connectivity index (χ0v) is 22.8. The Hall–Kier alpha value is -3.49. The number of rotatable bonds is 3. The van der Waals surface area contributed by atoms with Crippen LogP contribution in [0.25, 0.3) is 44.2 Å². The summed E-state index contributed by atoms with van der Waals surface area (Å²) in [5, 5.41) is 19.7. The number of benzene rings is 2. The summed E-state index contributed by atoms with van der Waals surface area (Å²) < 4.78 is 3.84. The number of aromatic amines is 1. The normalized spacial score (nSPS) is 22.1. The molecule has 1 N–H and O–H groups in total. The second-order valence-electron chi connectivity index (χ2n) is 11.1. The van der Waals surface area contributed by atoms with Crippen LogP contribution >= 0.6 is 11.6 Å². The van der Waals surface area contributed by atoms with E-state index in [1.165, 1.54) is 0 Å². The molecule has 5 aromatic rings. The van der Waals surface area contributed by atoms with Crippen molar-refractivity contribution in [1.82, 2.24) is 34.7 Å². The van der Waals surface area contributed by atoms with Gasteiger partial charge in [-0.15, -0.1) is 0 Å². The van der Waals surface area contributed by atoms with E-state index in [-0.39, 0.29) is 17.4 Å². The first-order chi connectivity index (χ1) is 18.3. The quantitative estimate of drug-likeness (QED) is 0.329. The molecule has 38 heavy (non-hydrogen) atoms. The second-order valence-corrected chi connectivity index (χ2v) is 11.5. The third kappa shape index (κ3) is 3.26. The number of fused-ring (bicyclic) bond motifs is 2. The van der Waals surface area contributed by atoms with Crippen LogP contribution in [0.2, 0.25) is 5.02 Å². The number of halogens is 1. The maximum atomic E-state index is 13.6. The number of aryl methyl sites for hydroxylation is 2. The number of aromatic nitrogens is 6. The number of carbonyl (C=O) groups excluding carboxylic acids is 1. The zero-order valence-electron chi connectivity index (χ0n) is 22.0. The third-order valence-electron chi connectivity index (χ3n) is 8.97. The fourth-order valence-corrected chi connectivity index (χ4v) is 7.10. The first-order valence-corrected chi connectivity index (χ1v) is 13.5. The van der Waals surface area contributed by atoms with Crippen LogP contribution in [0.1, 0.15) is 43.0 Å². The van der Waals surface area contributed by atoms with E-state index in [1.54, 1.807) is 0 Å². The molecular formula is C29H30ClN7O. The molecule has 0 bridgehead atoms. The van der Waals surface area contributed by atoms with Crippen molar-refractivity contribution in [3.05, 3.63) is 52.9 Å². The molecule has 1 saturated heterocycles. The standard InChI is InChI=1S/C29H30ClN7O/c1-16-10-21-20(15-31-33-21)26(27(16)30)25-17(2)37(23-12-29(13-24(23)38)8-5-9-35(29)3)34-28(25)18-6-7-22-19(11-18)14-32-36(22)4/h6-7,10-11,14-15,23H,5,8-9,12-13H2,1-4H3,(H,31,33). The van der Waals surface area contributed by atoms with E-state index in [4.69, 9.17) is 16.7 Å². The molecule has 1 aliphatic heterocycles. The Morgan fingerprint density at radius 1 is 1.13 bits per heavy atom. The lowest BCUT2D eigenvalue weighted by atomic mass is 9.94. The summed E-state index contributed by atoms with van der Waals surface area (Å²) in [6.07, 6.45) is 7.25. The van der Waals surface area contributed by atoms with Gasteiger partial charge in [0.1, 0.15) is 11.7 Å². The van der Waals surface area contributed by atoms with Crippen molar-refractivity contribution in [3.8, 4) is 22.4 Å². The topological polar surface area (TPSA) is 84.6 Å². The number of H-pyrrole nitrogens is 1. The lowest BCUT2D eigenvalue weighted by molar-refractivity contribution is -0.120. The van der Waals surface area contributed by atoms with Gasteiger partial charge >= 0.3 is 0 Å². The number of Topliss-reactive ketones (excluding diaryl/α,β-unsaturated/α-hetero) is 1. The molecule has 3 aromatic heterocycles. The van der Waals surface area contributed by atoms with E-state index in [1.807, 2.05) is 41.8 Å². The summed E-state index contributed by atoms with van der Waals surface area (Å²) in [5.74, 6) is 0.258. The van der Waals surface area contributed by atoms with Gasteiger partial charge in [-0.2, -0.15) is 15.3 Å². The van der Waals surface area contributed by atoms with E-state index in [2.05, 4.69) is 52.4 Å². The van der Waals surface area contributed by atoms with E-state index in [0.717, 1.165) is 81.3 Å². The van der Waals surface area contributed by atoms with Crippen molar-refractivity contribution in [2.45, 2.75) is 51.1 Å². The molecule has 8 nitrogen and oxygen atoms in total. The predicted molar refractivity (Wildman–Crippen MR) is 149 cm³/mol. The number of hydrogen-bond donors (Lipinski definition) is 1. The van der Waals surface area contributed by atoms with Gasteiger partial charge in [0.15, 0.2) is 5.78 Å². The first kappa shape index (κ1) is 23.6. The molecule has 2 aromatic carbocycles. The fraction of sp³-hybridized carbons (Fsp3) is 0.379. The second kappa shape index (κ2) is 8.25. The van der Waals surface area contributed by atoms with E-state index < -0.39 is 0 Å². The number of ketones is 1. The molecule has 4 heterocycles. The van der Waals surface area contributed by atoms with Crippen LogP contribution in [-0.4, -0.2) is 59.6 Å². The summed E-state index contributed by atoms with van der Waals surface area (Å²) in [6.45, 7) is 5.11. The molecule has 2 fully saturated rings. The van der Waals surface area contributed by atoms with Crippen LogP contribution in [0.3, 0.4) is 0 Å². The molecule has 0 amide bonds. The minimum atomic E-state index is -0.298. The van der Waals surface area contributed by atoms with E-state index >= 15 is 0 Å². The summed E-state index contributed by atoms with van der Waals surface area (Å²) in [6, 6.07) is 8.00. The Morgan fingerprint density at radius 3 is 2.76 bits per heavy atom. The van der Waals surface area contributed by atoms with Crippen molar-refractivity contribution < 1.29 is 4.79 Å². The van der Waals surface area contributed by atoms with Crippen LogP contribution < -0.4 is 0 Å².